The molecule has 0 aliphatic heterocycles. The molecule has 0 amide bonds. The summed E-state index contributed by atoms with van der Waals surface area (Å²) >= 11 is 0. The zero-order valence-electron chi connectivity index (χ0n) is 6.98. The third-order valence-electron chi connectivity index (χ3n) is 1.98. The molecule has 4 heteroatoms. The van der Waals surface area contributed by atoms with Gasteiger partial charge in [0.05, 0.1) is 0 Å². The molecule has 1 unspecified atom stereocenters. The van der Waals surface area contributed by atoms with E-state index in [9.17, 15) is 18.0 Å². The van der Waals surface area contributed by atoms with Gasteiger partial charge >= 0.3 is 6.18 Å². The van der Waals surface area contributed by atoms with E-state index in [1.807, 2.05) is 0 Å². The van der Waals surface area contributed by atoms with Gasteiger partial charge in [-0.15, -0.1) is 6.58 Å². The van der Waals surface area contributed by atoms with Crippen molar-refractivity contribution in [3.63, 3.8) is 0 Å². The summed E-state index contributed by atoms with van der Waals surface area (Å²) in [5, 5.41) is 0. The van der Waals surface area contributed by atoms with Crippen LogP contribution in [0.2, 0.25) is 0 Å². The fraction of sp³-hybridized carbons (Fsp3) is 0.625. The predicted molar refractivity (Wildman–Crippen MR) is 39.6 cm³/mol. The van der Waals surface area contributed by atoms with Crippen molar-refractivity contribution in [1.29, 1.82) is 0 Å². The van der Waals surface area contributed by atoms with Gasteiger partial charge < -0.3 is 4.79 Å². The highest BCUT2D eigenvalue weighted by atomic mass is 19.4. The van der Waals surface area contributed by atoms with Crippen LogP contribution in [0.3, 0.4) is 0 Å². The summed E-state index contributed by atoms with van der Waals surface area (Å²) in [6.45, 7) is 5.71. The van der Waals surface area contributed by atoms with Crippen molar-refractivity contribution >= 4 is 6.29 Å². The van der Waals surface area contributed by atoms with Crippen LogP contribution in [0.25, 0.3) is 0 Å². The number of rotatable bonds is 3. The zero-order chi connectivity index (χ0) is 9.99. The van der Waals surface area contributed by atoms with E-state index in [4.69, 9.17) is 0 Å². The zero-order valence-corrected chi connectivity index (χ0v) is 6.98. The Labute approximate surface area is 69.3 Å². The Morgan fingerprint density at radius 2 is 1.75 bits per heavy atom. The van der Waals surface area contributed by atoms with Crippen LogP contribution in [0.4, 0.5) is 13.2 Å². The number of alkyl halides is 3. The largest absolute Gasteiger partial charge is 0.404 e. The summed E-state index contributed by atoms with van der Waals surface area (Å²) in [7, 11) is 0. The predicted octanol–water partition coefficient (Wildman–Crippen LogP) is 2.58. The topological polar surface area (TPSA) is 17.1 Å². The van der Waals surface area contributed by atoms with Gasteiger partial charge in [-0.3, -0.25) is 0 Å². The highest BCUT2D eigenvalue weighted by Crippen LogP contribution is 2.43. The molecule has 0 fully saturated rings. The maximum absolute atomic E-state index is 12.3. The molecule has 0 aliphatic carbocycles. The lowest BCUT2D eigenvalue weighted by molar-refractivity contribution is -0.210. The number of carbonyl (C=O) groups is 1. The molecule has 0 rings (SSSR count). The van der Waals surface area contributed by atoms with Crippen LogP contribution < -0.4 is 0 Å². The Bertz CT molecular complexity index is 173. The molecule has 12 heavy (non-hydrogen) atoms. The Balaban J connectivity index is 5.10. The number of hydrogen-bond acceptors (Lipinski definition) is 1. The van der Waals surface area contributed by atoms with Gasteiger partial charge in [-0.1, -0.05) is 19.9 Å². The molecule has 0 radical (unpaired) electrons. The Hall–Kier alpha value is -0.800. The smallest absolute Gasteiger partial charge is 0.302 e. The third kappa shape index (κ3) is 1.52. The monoisotopic (exact) mass is 180 g/mol. The molecule has 0 spiro atoms. The van der Waals surface area contributed by atoms with Crippen molar-refractivity contribution in [2.45, 2.75) is 20.0 Å². The molecule has 0 N–H and O–H groups in total. The van der Waals surface area contributed by atoms with Crippen molar-refractivity contribution in [1.82, 2.24) is 0 Å². The number of hydrogen-bond donors (Lipinski definition) is 0. The number of halogens is 3. The van der Waals surface area contributed by atoms with E-state index in [-0.39, 0.29) is 6.29 Å². The van der Waals surface area contributed by atoms with Gasteiger partial charge in [-0.2, -0.15) is 13.2 Å². The van der Waals surface area contributed by atoms with Crippen LogP contribution in [-0.4, -0.2) is 12.5 Å². The van der Waals surface area contributed by atoms with Crippen LogP contribution in [0.15, 0.2) is 12.7 Å². The molecule has 0 aromatic rings. The van der Waals surface area contributed by atoms with E-state index in [0.717, 1.165) is 0 Å². The normalized spacial score (nSPS) is 17.2. The quantitative estimate of drug-likeness (QED) is 0.482. The summed E-state index contributed by atoms with van der Waals surface area (Å²) in [5.41, 5.74) is -2.40. The average molecular weight is 180 g/mol. The van der Waals surface area contributed by atoms with Crippen LogP contribution in [0, 0.1) is 11.3 Å². The second-order valence-corrected chi connectivity index (χ2v) is 2.91. The second kappa shape index (κ2) is 3.29. The minimum Gasteiger partial charge on any atom is -0.302 e. The van der Waals surface area contributed by atoms with E-state index in [1.54, 1.807) is 0 Å². The molecule has 0 aromatic heterocycles. The highest BCUT2D eigenvalue weighted by Gasteiger charge is 2.54. The van der Waals surface area contributed by atoms with E-state index in [1.165, 1.54) is 13.8 Å². The van der Waals surface area contributed by atoms with Gasteiger partial charge in [0, 0.05) is 0 Å². The summed E-state index contributed by atoms with van der Waals surface area (Å²) in [4.78, 5) is 10.4. The maximum Gasteiger partial charge on any atom is 0.404 e. The Morgan fingerprint density at radius 3 is 1.75 bits per heavy atom. The third-order valence-corrected chi connectivity index (χ3v) is 1.98. The van der Waals surface area contributed by atoms with E-state index in [0.29, 0.717) is 6.08 Å². The molecular formula is C8H11F3O. The lowest BCUT2D eigenvalue weighted by Gasteiger charge is -2.30. The summed E-state index contributed by atoms with van der Waals surface area (Å²) in [5.74, 6) is -0.826. The standard InChI is InChI=1S/C8H11F3O/c1-4-7(5-12,6(2)3)8(9,10)11/h4-6H,1H2,2-3H3. The minimum atomic E-state index is -4.55. The Kier molecular flexibility index (Phi) is 3.07. The second-order valence-electron chi connectivity index (χ2n) is 2.91. The fourth-order valence-electron chi connectivity index (χ4n) is 0.930. The fourth-order valence-corrected chi connectivity index (χ4v) is 0.930. The van der Waals surface area contributed by atoms with Crippen molar-refractivity contribution in [3.8, 4) is 0 Å². The van der Waals surface area contributed by atoms with Crippen LogP contribution >= 0.6 is 0 Å². The molecule has 70 valence electrons. The summed E-state index contributed by atoms with van der Waals surface area (Å²) in [6, 6.07) is 0. The highest BCUT2D eigenvalue weighted by molar-refractivity contribution is 5.64. The summed E-state index contributed by atoms with van der Waals surface area (Å²) < 4.78 is 37.0. The lowest BCUT2D eigenvalue weighted by Crippen LogP contribution is -2.42. The van der Waals surface area contributed by atoms with Gasteiger partial charge in [0.2, 0.25) is 0 Å². The van der Waals surface area contributed by atoms with Crippen LogP contribution in [0.5, 0.6) is 0 Å². The van der Waals surface area contributed by atoms with Gasteiger partial charge in [0.1, 0.15) is 11.7 Å². The SMILES string of the molecule is C=CC(C=O)(C(C)C)C(F)(F)F. The molecule has 0 saturated carbocycles. The van der Waals surface area contributed by atoms with Gasteiger partial charge in [-0.25, -0.2) is 0 Å². The van der Waals surface area contributed by atoms with Crippen molar-refractivity contribution in [3.05, 3.63) is 12.7 Å². The lowest BCUT2D eigenvalue weighted by atomic mass is 9.78. The number of allylic oxidation sites excluding steroid dienone is 1. The average Bonchev–Trinajstić information content (AvgIpc) is 1.87. The van der Waals surface area contributed by atoms with Crippen molar-refractivity contribution in [2.24, 2.45) is 11.3 Å². The molecule has 0 saturated heterocycles. The number of aldehydes is 1. The molecular weight excluding hydrogens is 169 g/mol. The van der Waals surface area contributed by atoms with Crippen molar-refractivity contribution < 1.29 is 18.0 Å². The first-order valence-corrected chi connectivity index (χ1v) is 3.48. The van der Waals surface area contributed by atoms with E-state index in [2.05, 4.69) is 6.58 Å². The maximum atomic E-state index is 12.3. The summed E-state index contributed by atoms with van der Waals surface area (Å²) in [6.07, 6.45) is -3.99. The minimum absolute atomic E-state index is 0.0926. The van der Waals surface area contributed by atoms with E-state index < -0.39 is 17.5 Å². The van der Waals surface area contributed by atoms with E-state index >= 15 is 0 Å². The first-order valence-electron chi connectivity index (χ1n) is 3.48. The number of carbonyl (C=O) groups excluding carboxylic acids is 1. The first-order chi connectivity index (χ1) is 5.31. The molecule has 0 heterocycles. The van der Waals surface area contributed by atoms with Crippen molar-refractivity contribution in [2.75, 3.05) is 0 Å². The molecule has 0 aliphatic rings. The molecule has 1 atom stereocenters. The van der Waals surface area contributed by atoms with Crippen LogP contribution in [0.1, 0.15) is 13.8 Å². The molecule has 1 nitrogen and oxygen atoms in total. The molecule has 0 aromatic carbocycles. The van der Waals surface area contributed by atoms with Gasteiger partial charge in [-0.05, 0) is 5.92 Å². The van der Waals surface area contributed by atoms with Crippen LogP contribution in [-0.2, 0) is 4.79 Å². The first kappa shape index (κ1) is 11.2. The molecule has 0 bridgehead atoms. The van der Waals surface area contributed by atoms with Gasteiger partial charge in [0.15, 0.2) is 0 Å². The Morgan fingerprint density at radius 1 is 1.33 bits per heavy atom. The van der Waals surface area contributed by atoms with Gasteiger partial charge in [0.25, 0.3) is 0 Å².